The number of hydrogen-bond donors (Lipinski definition) is 2. The lowest BCUT2D eigenvalue weighted by atomic mass is 10.1. The van der Waals surface area contributed by atoms with Crippen LogP contribution in [0.5, 0.6) is 0 Å². The standard InChI is InChI=1S/C23H26N4O3S/c1-3-30-22(29)9-5-4-8-21(28)25-18-11-10-16(2)19(13-18)26-23-27-20(15-31-23)17-7-6-12-24-14-17/h6-7,10-15H,3-5,8-9H2,1-2H3,(H,25,28)(H,26,27). The predicted molar refractivity (Wildman–Crippen MR) is 124 cm³/mol. The lowest BCUT2D eigenvalue weighted by Gasteiger charge is -2.11. The van der Waals surface area contributed by atoms with Crippen LogP contribution in [0.3, 0.4) is 0 Å². The van der Waals surface area contributed by atoms with Gasteiger partial charge in [-0.1, -0.05) is 6.07 Å². The van der Waals surface area contributed by atoms with E-state index < -0.39 is 0 Å². The lowest BCUT2D eigenvalue weighted by Crippen LogP contribution is -2.12. The maximum Gasteiger partial charge on any atom is 0.305 e. The molecule has 0 spiro atoms. The van der Waals surface area contributed by atoms with E-state index in [1.165, 1.54) is 11.3 Å². The summed E-state index contributed by atoms with van der Waals surface area (Å²) >= 11 is 1.51. The second kappa shape index (κ2) is 11.2. The van der Waals surface area contributed by atoms with Crippen molar-refractivity contribution in [2.75, 3.05) is 17.2 Å². The monoisotopic (exact) mass is 438 g/mol. The van der Waals surface area contributed by atoms with Gasteiger partial charge in [0.25, 0.3) is 0 Å². The number of thiazole rings is 1. The van der Waals surface area contributed by atoms with Gasteiger partial charge in [-0.2, -0.15) is 0 Å². The predicted octanol–water partition coefficient (Wildman–Crippen LogP) is 5.32. The minimum Gasteiger partial charge on any atom is -0.466 e. The Bertz CT molecular complexity index is 1020. The average molecular weight is 439 g/mol. The van der Waals surface area contributed by atoms with E-state index in [1.54, 1.807) is 19.3 Å². The average Bonchev–Trinajstić information content (AvgIpc) is 3.23. The van der Waals surface area contributed by atoms with Gasteiger partial charge in [-0.15, -0.1) is 11.3 Å². The third kappa shape index (κ3) is 6.89. The van der Waals surface area contributed by atoms with Gasteiger partial charge in [0.2, 0.25) is 5.91 Å². The van der Waals surface area contributed by atoms with Gasteiger partial charge in [0, 0.05) is 47.6 Å². The van der Waals surface area contributed by atoms with Crippen LogP contribution in [0.2, 0.25) is 0 Å². The summed E-state index contributed by atoms with van der Waals surface area (Å²) in [6, 6.07) is 9.58. The topological polar surface area (TPSA) is 93.2 Å². The van der Waals surface area contributed by atoms with Crippen molar-refractivity contribution in [1.82, 2.24) is 9.97 Å². The highest BCUT2D eigenvalue weighted by molar-refractivity contribution is 7.14. The van der Waals surface area contributed by atoms with Crippen molar-refractivity contribution in [1.29, 1.82) is 0 Å². The van der Waals surface area contributed by atoms with E-state index in [-0.39, 0.29) is 11.9 Å². The smallest absolute Gasteiger partial charge is 0.305 e. The third-order valence-corrected chi connectivity index (χ3v) is 5.32. The molecule has 8 heteroatoms. The number of aromatic nitrogens is 2. The zero-order valence-electron chi connectivity index (χ0n) is 17.7. The largest absolute Gasteiger partial charge is 0.466 e. The molecular formula is C23H26N4O3S. The zero-order valence-corrected chi connectivity index (χ0v) is 18.5. The van der Waals surface area contributed by atoms with Crippen molar-refractivity contribution >= 4 is 39.7 Å². The fourth-order valence-electron chi connectivity index (χ4n) is 2.94. The highest BCUT2D eigenvalue weighted by atomic mass is 32.1. The molecule has 0 atom stereocenters. The summed E-state index contributed by atoms with van der Waals surface area (Å²) in [5.74, 6) is -0.294. The van der Waals surface area contributed by atoms with Gasteiger partial charge < -0.3 is 15.4 Å². The Labute approximate surface area is 185 Å². The van der Waals surface area contributed by atoms with Crippen LogP contribution in [-0.2, 0) is 14.3 Å². The number of benzene rings is 1. The molecule has 162 valence electrons. The van der Waals surface area contributed by atoms with Crippen molar-refractivity contribution in [2.45, 2.75) is 39.5 Å². The molecule has 0 fully saturated rings. The van der Waals surface area contributed by atoms with E-state index in [9.17, 15) is 9.59 Å². The molecule has 2 N–H and O–H groups in total. The number of anilines is 3. The van der Waals surface area contributed by atoms with E-state index in [0.29, 0.717) is 38.0 Å². The first-order chi connectivity index (χ1) is 15.0. The lowest BCUT2D eigenvalue weighted by molar-refractivity contribution is -0.143. The van der Waals surface area contributed by atoms with Gasteiger partial charge in [0.15, 0.2) is 5.13 Å². The molecule has 0 aliphatic carbocycles. The normalized spacial score (nSPS) is 10.5. The molecule has 3 aromatic rings. The molecule has 0 saturated carbocycles. The number of nitrogens with one attached hydrogen (secondary N) is 2. The van der Waals surface area contributed by atoms with Crippen LogP contribution < -0.4 is 10.6 Å². The highest BCUT2D eigenvalue weighted by Gasteiger charge is 2.09. The summed E-state index contributed by atoms with van der Waals surface area (Å²) in [6.07, 6.45) is 5.49. The number of unbranched alkanes of at least 4 members (excludes halogenated alkanes) is 1. The van der Waals surface area contributed by atoms with E-state index in [2.05, 4.69) is 20.6 Å². The number of hydrogen-bond acceptors (Lipinski definition) is 7. The van der Waals surface area contributed by atoms with Gasteiger partial charge in [-0.25, -0.2) is 4.98 Å². The van der Waals surface area contributed by atoms with Crippen molar-refractivity contribution in [3.8, 4) is 11.3 Å². The Balaban J connectivity index is 1.55. The first-order valence-electron chi connectivity index (χ1n) is 10.2. The third-order valence-electron chi connectivity index (χ3n) is 4.56. The van der Waals surface area contributed by atoms with Gasteiger partial charge in [-0.05, 0) is 56.5 Å². The number of esters is 1. The zero-order chi connectivity index (χ0) is 22.1. The molecule has 0 unspecified atom stereocenters. The van der Waals surface area contributed by atoms with Gasteiger partial charge in [-0.3, -0.25) is 14.6 Å². The Hall–Kier alpha value is -3.26. The number of ether oxygens (including phenoxy) is 1. The van der Waals surface area contributed by atoms with Crippen LogP contribution in [0.25, 0.3) is 11.3 Å². The second-order valence-electron chi connectivity index (χ2n) is 6.99. The summed E-state index contributed by atoms with van der Waals surface area (Å²) < 4.78 is 4.89. The van der Waals surface area contributed by atoms with Crippen LogP contribution in [-0.4, -0.2) is 28.5 Å². The number of carbonyl (C=O) groups excluding carboxylic acids is 2. The van der Waals surface area contributed by atoms with E-state index >= 15 is 0 Å². The quantitative estimate of drug-likeness (QED) is 0.329. The van der Waals surface area contributed by atoms with E-state index in [0.717, 1.165) is 27.6 Å². The molecule has 0 bridgehead atoms. The number of amides is 1. The Kier molecular flexibility index (Phi) is 8.12. The van der Waals surface area contributed by atoms with Crippen LogP contribution in [0.1, 0.15) is 38.2 Å². The molecule has 0 aliphatic rings. The maximum absolute atomic E-state index is 12.2. The van der Waals surface area contributed by atoms with Crippen LogP contribution in [0.15, 0.2) is 48.1 Å². The summed E-state index contributed by atoms with van der Waals surface area (Å²) in [4.78, 5) is 32.3. The Morgan fingerprint density at radius 2 is 2.00 bits per heavy atom. The number of rotatable bonds is 10. The van der Waals surface area contributed by atoms with E-state index in [1.807, 2.05) is 42.6 Å². The molecule has 1 aromatic carbocycles. The molecule has 2 heterocycles. The van der Waals surface area contributed by atoms with Crippen molar-refractivity contribution in [2.24, 2.45) is 0 Å². The van der Waals surface area contributed by atoms with Crippen LogP contribution in [0.4, 0.5) is 16.5 Å². The summed E-state index contributed by atoms with van der Waals surface area (Å²) in [5, 5.41) is 9.01. The molecule has 3 rings (SSSR count). The molecule has 1 amide bonds. The summed E-state index contributed by atoms with van der Waals surface area (Å²) in [7, 11) is 0. The first-order valence-corrected chi connectivity index (χ1v) is 11.1. The summed E-state index contributed by atoms with van der Waals surface area (Å²) in [6.45, 7) is 4.16. The van der Waals surface area contributed by atoms with Crippen molar-refractivity contribution in [3.05, 3.63) is 53.7 Å². The fraction of sp³-hybridized carbons (Fsp3) is 0.304. The number of carbonyl (C=O) groups is 2. The molecule has 2 aromatic heterocycles. The molecule has 0 saturated heterocycles. The van der Waals surface area contributed by atoms with Crippen LogP contribution in [0, 0.1) is 6.92 Å². The van der Waals surface area contributed by atoms with E-state index in [4.69, 9.17) is 4.74 Å². The van der Waals surface area contributed by atoms with Gasteiger partial charge in [0.1, 0.15) is 0 Å². The molecule has 7 nitrogen and oxygen atoms in total. The van der Waals surface area contributed by atoms with Crippen LogP contribution >= 0.6 is 11.3 Å². The SMILES string of the molecule is CCOC(=O)CCCCC(=O)Nc1ccc(C)c(Nc2nc(-c3cccnc3)cs2)c1. The minimum absolute atomic E-state index is 0.0771. The first kappa shape index (κ1) is 22.4. The highest BCUT2D eigenvalue weighted by Crippen LogP contribution is 2.29. The van der Waals surface area contributed by atoms with Crippen molar-refractivity contribution < 1.29 is 14.3 Å². The minimum atomic E-state index is -0.217. The molecular weight excluding hydrogens is 412 g/mol. The Morgan fingerprint density at radius 1 is 1.16 bits per heavy atom. The Morgan fingerprint density at radius 3 is 2.77 bits per heavy atom. The summed E-state index contributed by atoms with van der Waals surface area (Å²) in [5.41, 5.74) is 4.48. The van der Waals surface area contributed by atoms with Gasteiger partial charge in [0.05, 0.1) is 12.3 Å². The maximum atomic E-state index is 12.2. The second-order valence-corrected chi connectivity index (χ2v) is 7.85. The van der Waals surface area contributed by atoms with Gasteiger partial charge >= 0.3 is 5.97 Å². The fourth-order valence-corrected chi connectivity index (χ4v) is 3.67. The number of aryl methyl sites for hydroxylation is 1. The molecule has 0 aliphatic heterocycles. The molecule has 31 heavy (non-hydrogen) atoms. The number of nitrogens with zero attached hydrogens (tertiary/aromatic N) is 2. The van der Waals surface area contributed by atoms with Crippen molar-refractivity contribution in [3.63, 3.8) is 0 Å². The number of pyridine rings is 1. The molecule has 0 radical (unpaired) electrons.